The van der Waals surface area contributed by atoms with E-state index in [0.29, 0.717) is 6.61 Å². The third-order valence-corrected chi connectivity index (χ3v) is 7.89. The van der Waals surface area contributed by atoms with Crippen LogP contribution in [0.4, 0.5) is 4.39 Å². The fourth-order valence-electron chi connectivity index (χ4n) is 4.67. The average Bonchev–Trinajstić information content (AvgIpc) is 3.31. The van der Waals surface area contributed by atoms with E-state index >= 15 is 0 Å². The van der Waals surface area contributed by atoms with Crippen molar-refractivity contribution in [1.29, 1.82) is 0 Å². The number of hydrogen-bond donors (Lipinski definition) is 2. The Morgan fingerprint density at radius 3 is 2.35 bits per heavy atom. The van der Waals surface area contributed by atoms with Gasteiger partial charge in [-0.1, -0.05) is 33.1 Å². The first-order valence-electron chi connectivity index (χ1n) is 12.1. The quantitative estimate of drug-likeness (QED) is 0.517. The largest absolute Gasteiger partial charge is 0.376 e. The van der Waals surface area contributed by atoms with Gasteiger partial charge in [-0.25, -0.2) is 17.5 Å². The normalized spacial score (nSPS) is 20.3. The Bertz CT molecular complexity index is 926. The molecule has 190 valence electrons. The molecule has 34 heavy (non-hydrogen) atoms. The summed E-state index contributed by atoms with van der Waals surface area (Å²) in [4.78, 5) is 27.9. The second-order valence-corrected chi connectivity index (χ2v) is 11.3. The highest BCUT2D eigenvalue weighted by Crippen LogP contribution is 2.21. The van der Waals surface area contributed by atoms with Gasteiger partial charge in [0.2, 0.25) is 21.8 Å². The van der Waals surface area contributed by atoms with E-state index in [1.807, 2.05) is 13.8 Å². The smallest absolute Gasteiger partial charge is 0.243 e. The molecule has 0 radical (unpaired) electrons. The van der Waals surface area contributed by atoms with Gasteiger partial charge >= 0.3 is 0 Å². The highest BCUT2D eigenvalue weighted by molar-refractivity contribution is 7.89. The van der Waals surface area contributed by atoms with E-state index in [2.05, 4.69) is 10.0 Å². The molecule has 10 heteroatoms. The first-order chi connectivity index (χ1) is 16.2. The Labute approximate surface area is 201 Å². The lowest BCUT2D eigenvalue weighted by molar-refractivity contribution is -0.143. The topological polar surface area (TPSA) is 105 Å². The van der Waals surface area contributed by atoms with Gasteiger partial charge in [0, 0.05) is 19.2 Å². The summed E-state index contributed by atoms with van der Waals surface area (Å²) in [6.07, 6.45) is 6.62. The zero-order chi connectivity index (χ0) is 24.7. The van der Waals surface area contributed by atoms with Gasteiger partial charge in [-0.3, -0.25) is 9.59 Å². The third-order valence-electron chi connectivity index (χ3n) is 6.47. The molecule has 0 unspecified atom stereocenters. The van der Waals surface area contributed by atoms with Gasteiger partial charge in [0.05, 0.1) is 17.5 Å². The lowest BCUT2D eigenvalue weighted by atomic mass is 9.94. The number of benzene rings is 1. The van der Waals surface area contributed by atoms with E-state index in [1.54, 1.807) is 0 Å². The maximum atomic E-state index is 13.3. The molecule has 1 saturated carbocycles. The monoisotopic (exact) mass is 497 g/mol. The van der Waals surface area contributed by atoms with Gasteiger partial charge in [-0.05, 0) is 55.9 Å². The minimum atomic E-state index is -4.02. The SMILES string of the molecule is CC(C)[C@@H](C(=O)NC1CCCCC1)N(C[C@@H]1CCCO1)C(=O)CNS(=O)(=O)c1ccc(F)cc1. The van der Waals surface area contributed by atoms with Crippen LogP contribution in [0.15, 0.2) is 29.2 Å². The fraction of sp³-hybridized carbons (Fsp3) is 0.667. The molecular formula is C24H36FN3O5S. The molecule has 2 N–H and O–H groups in total. The van der Waals surface area contributed by atoms with Crippen LogP contribution in [0.5, 0.6) is 0 Å². The van der Waals surface area contributed by atoms with Crippen LogP contribution in [0.25, 0.3) is 0 Å². The molecule has 2 amide bonds. The summed E-state index contributed by atoms with van der Waals surface area (Å²) in [5.74, 6) is -1.45. The molecule has 2 atom stereocenters. The number of rotatable bonds is 10. The Morgan fingerprint density at radius 2 is 1.76 bits per heavy atom. The number of ether oxygens (including phenoxy) is 1. The van der Waals surface area contributed by atoms with Gasteiger partial charge < -0.3 is 15.0 Å². The number of sulfonamides is 1. The van der Waals surface area contributed by atoms with E-state index in [9.17, 15) is 22.4 Å². The minimum Gasteiger partial charge on any atom is -0.376 e. The lowest BCUT2D eigenvalue weighted by Crippen LogP contribution is -2.57. The van der Waals surface area contributed by atoms with Gasteiger partial charge in [0.25, 0.3) is 0 Å². The number of carbonyl (C=O) groups is 2. The van der Waals surface area contributed by atoms with Crippen LogP contribution in [0.1, 0.15) is 58.8 Å². The standard InChI is InChI=1S/C24H36FN3O5S/c1-17(2)23(24(30)27-19-7-4-3-5-8-19)28(16-20-9-6-14-33-20)22(29)15-26-34(31,32)21-12-10-18(25)11-13-21/h10-13,17,19-20,23,26H,3-9,14-16H2,1-2H3,(H,27,30)/t20-,23-/m0/s1. The van der Waals surface area contributed by atoms with E-state index in [-0.39, 0.29) is 35.4 Å². The average molecular weight is 498 g/mol. The predicted octanol–water partition coefficient (Wildman–Crippen LogP) is 2.59. The molecule has 1 saturated heterocycles. The molecule has 8 nitrogen and oxygen atoms in total. The van der Waals surface area contributed by atoms with Crippen molar-refractivity contribution in [2.45, 2.75) is 81.9 Å². The summed E-state index contributed by atoms with van der Waals surface area (Å²) in [5.41, 5.74) is 0. The van der Waals surface area contributed by atoms with Crippen LogP contribution >= 0.6 is 0 Å². The first-order valence-corrected chi connectivity index (χ1v) is 13.6. The van der Waals surface area contributed by atoms with Crippen molar-refractivity contribution < 1.29 is 27.1 Å². The summed E-state index contributed by atoms with van der Waals surface area (Å²) in [5, 5.41) is 3.12. The molecule has 0 aromatic heterocycles. The van der Waals surface area contributed by atoms with Crippen molar-refractivity contribution in [2.75, 3.05) is 19.7 Å². The Balaban J connectivity index is 1.74. The number of amides is 2. The van der Waals surface area contributed by atoms with Crippen LogP contribution in [-0.2, 0) is 24.3 Å². The van der Waals surface area contributed by atoms with E-state index in [4.69, 9.17) is 4.74 Å². The van der Waals surface area contributed by atoms with Gasteiger partial charge in [-0.15, -0.1) is 0 Å². The zero-order valence-corrected chi connectivity index (χ0v) is 20.8. The molecular weight excluding hydrogens is 461 g/mol. The molecule has 1 aliphatic carbocycles. The molecule has 2 fully saturated rings. The van der Waals surface area contributed by atoms with E-state index in [0.717, 1.165) is 69.2 Å². The molecule has 1 aromatic carbocycles. The van der Waals surface area contributed by atoms with Gasteiger partial charge in [-0.2, -0.15) is 0 Å². The highest BCUT2D eigenvalue weighted by Gasteiger charge is 2.36. The number of nitrogens with zero attached hydrogens (tertiary/aromatic N) is 1. The number of hydrogen-bond acceptors (Lipinski definition) is 5. The van der Waals surface area contributed by atoms with Crippen molar-refractivity contribution in [3.05, 3.63) is 30.1 Å². The van der Waals surface area contributed by atoms with Crippen molar-refractivity contribution in [3.8, 4) is 0 Å². The van der Waals surface area contributed by atoms with Gasteiger partial charge in [0.15, 0.2) is 0 Å². The summed E-state index contributed by atoms with van der Waals surface area (Å²) < 4.78 is 46.4. The third kappa shape index (κ3) is 7.23. The molecule has 1 heterocycles. The van der Waals surface area contributed by atoms with Crippen molar-refractivity contribution >= 4 is 21.8 Å². The summed E-state index contributed by atoms with van der Waals surface area (Å²) >= 11 is 0. The number of nitrogens with one attached hydrogen (secondary N) is 2. The van der Waals surface area contributed by atoms with Crippen LogP contribution in [0.2, 0.25) is 0 Å². The first kappa shape index (κ1) is 26.6. The van der Waals surface area contributed by atoms with Crippen molar-refractivity contribution in [2.24, 2.45) is 5.92 Å². The van der Waals surface area contributed by atoms with Crippen LogP contribution < -0.4 is 10.0 Å². The zero-order valence-electron chi connectivity index (χ0n) is 20.0. The maximum absolute atomic E-state index is 13.3. The predicted molar refractivity (Wildman–Crippen MR) is 126 cm³/mol. The van der Waals surface area contributed by atoms with Crippen LogP contribution in [-0.4, -0.2) is 63.0 Å². The summed E-state index contributed by atoms with van der Waals surface area (Å²) in [6.45, 7) is 4.07. The summed E-state index contributed by atoms with van der Waals surface area (Å²) in [7, 11) is -4.02. The second-order valence-electron chi connectivity index (χ2n) is 9.49. The molecule has 1 aliphatic heterocycles. The Kier molecular flexibility index (Phi) is 9.44. The van der Waals surface area contributed by atoms with Crippen LogP contribution in [0, 0.1) is 11.7 Å². The summed E-state index contributed by atoms with van der Waals surface area (Å²) in [6, 6.07) is 3.73. The minimum absolute atomic E-state index is 0.0964. The maximum Gasteiger partial charge on any atom is 0.243 e. The van der Waals surface area contributed by atoms with Gasteiger partial charge in [0.1, 0.15) is 11.9 Å². The lowest BCUT2D eigenvalue weighted by Gasteiger charge is -2.36. The fourth-order valence-corrected chi connectivity index (χ4v) is 5.65. The van der Waals surface area contributed by atoms with Crippen molar-refractivity contribution in [3.63, 3.8) is 0 Å². The molecule has 0 bridgehead atoms. The molecule has 2 aliphatic rings. The van der Waals surface area contributed by atoms with Crippen molar-refractivity contribution in [1.82, 2.24) is 14.9 Å². The van der Waals surface area contributed by atoms with E-state index < -0.39 is 34.3 Å². The molecule has 1 aromatic rings. The Morgan fingerprint density at radius 1 is 1.09 bits per heavy atom. The van der Waals surface area contributed by atoms with E-state index in [1.165, 1.54) is 4.90 Å². The second kappa shape index (κ2) is 12.1. The molecule has 0 spiro atoms. The Hall–Kier alpha value is -2.04. The number of halogens is 1. The number of carbonyl (C=O) groups excluding carboxylic acids is 2. The highest BCUT2D eigenvalue weighted by atomic mass is 32.2. The molecule has 3 rings (SSSR count). The van der Waals surface area contributed by atoms with Crippen LogP contribution in [0.3, 0.4) is 0 Å².